The van der Waals surface area contributed by atoms with Crippen LogP contribution in [0, 0.1) is 5.82 Å². The third kappa shape index (κ3) is 2.68. The minimum atomic E-state index is -1.08. The van der Waals surface area contributed by atoms with Gasteiger partial charge in [-0.3, -0.25) is 0 Å². The third-order valence-electron chi connectivity index (χ3n) is 2.88. The van der Waals surface area contributed by atoms with Crippen LogP contribution in [-0.2, 0) is 0 Å². The maximum atomic E-state index is 12.9. The first kappa shape index (κ1) is 13.8. The number of carbonyl (C=O) groups is 1. The predicted molar refractivity (Wildman–Crippen MR) is 78.8 cm³/mol. The van der Waals surface area contributed by atoms with Gasteiger partial charge in [-0.15, -0.1) is 11.3 Å². The van der Waals surface area contributed by atoms with Gasteiger partial charge in [-0.05, 0) is 30.3 Å². The van der Waals surface area contributed by atoms with E-state index in [-0.39, 0.29) is 11.4 Å². The van der Waals surface area contributed by atoms with Crippen molar-refractivity contribution in [3.63, 3.8) is 0 Å². The Kier molecular flexibility index (Phi) is 3.48. The summed E-state index contributed by atoms with van der Waals surface area (Å²) < 4.78 is 14.9. The molecule has 0 saturated carbocycles. The van der Waals surface area contributed by atoms with Crippen molar-refractivity contribution in [2.75, 3.05) is 0 Å². The summed E-state index contributed by atoms with van der Waals surface area (Å²) in [5, 5.41) is 15.3. The van der Waals surface area contributed by atoms with E-state index in [4.69, 9.17) is 11.6 Å². The molecule has 0 aliphatic heterocycles. The fraction of sp³-hybridized carbons (Fsp3) is 0. The lowest BCUT2D eigenvalue weighted by Gasteiger charge is -1.99. The third-order valence-corrected chi connectivity index (χ3v) is 3.97. The molecule has 0 unspecified atom stereocenters. The van der Waals surface area contributed by atoms with Crippen molar-refractivity contribution in [3.8, 4) is 16.9 Å². The van der Waals surface area contributed by atoms with Gasteiger partial charge in [0, 0.05) is 17.1 Å². The highest BCUT2D eigenvalue weighted by atomic mass is 35.5. The van der Waals surface area contributed by atoms with Crippen LogP contribution >= 0.6 is 22.9 Å². The fourth-order valence-corrected chi connectivity index (χ4v) is 2.77. The van der Waals surface area contributed by atoms with E-state index in [1.54, 1.807) is 11.4 Å². The zero-order chi connectivity index (χ0) is 15.0. The molecular formula is C14H8ClFN2O2S. The van der Waals surface area contributed by atoms with Gasteiger partial charge >= 0.3 is 5.97 Å². The molecule has 0 spiro atoms. The number of carboxylic acids is 1. The summed E-state index contributed by atoms with van der Waals surface area (Å²) in [6.07, 6.45) is 1.40. The molecule has 0 bridgehead atoms. The van der Waals surface area contributed by atoms with E-state index >= 15 is 0 Å². The standard InChI is InChI=1S/C14H8ClFN2O2S/c15-12-5-8(7-21-12)13-11(14(19)20)6-18(17-13)10-3-1-9(16)2-4-10/h1-7H,(H,19,20). The second-order valence-electron chi connectivity index (χ2n) is 4.26. The van der Waals surface area contributed by atoms with Crippen LogP contribution in [0.15, 0.2) is 41.9 Å². The molecule has 0 aliphatic rings. The number of rotatable bonds is 3. The molecule has 0 amide bonds. The largest absolute Gasteiger partial charge is 0.478 e. The van der Waals surface area contributed by atoms with Crippen LogP contribution in [0.2, 0.25) is 4.34 Å². The average molecular weight is 323 g/mol. The molecule has 0 radical (unpaired) electrons. The SMILES string of the molecule is O=C(O)c1cn(-c2ccc(F)cc2)nc1-c1csc(Cl)c1. The van der Waals surface area contributed by atoms with Gasteiger partial charge in [0.05, 0.1) is 10.0 Å². The monoisotopic (exact) mass is 322 g/mol. The lowest BCUT2D eigenvalue weighted by atomic mass is 10.1. The zero-order valence-electron chi connectivity index (χ0n) is 10.5. The van der Waals surface area contributed by atoms with Gasteiger partial charge in [0.25, 0.3) is 0 Å². The molecule has 106 valence electrons. The number of thiophene rings is 1. The average Bonchev–Trinajstić information content (AvgIpc) is 3.05. The first-order valence-electron chi connectivity index (χ1n) is 5.88. The van der Waals surface area contributed by atoms with Crippen LogP contribution < -0.4 is 0 Å². The molecule has 7 heteroatoms. The highest BCUT2D eigenvalue weighted by Crippen LogP contribution is 2.30. The molecule has 0 fully saturated rings. The van der Waals surface area contributed by atoms with Gasteiger partial charge in [0.15, 0.2) is 0 Å². The highest BCUT2D eigenvalue weighted by Gasteiger charge is 2.18. The van der Waals surface area contributed by atoms with E-state index in [1.165, 1.54) is 46.5 Å². The van der Waals surface area contributed by atoms with E-state index in [1.807, 2.05) is 0 Å². The topological polar surface area (TPSA) is 55.1 Å². The van der Waals surface area contributed by atoms with Crippen LogP contribution in [0.3, 0.4) is 0 Å². The number of benzene rings is 1. The van der Waals surface area contributed by atoms with Crippen molar-refractivity contribution < 1.29 is 14.3 Å². The van der Waals surface area contributed by atoms with Crippen LogP contribution in [-0.4, -0.2) is 20.9 Å². The van der Waals surface area contributed by atoms with Gasteiger partial charge < -0.3 is 5.11 Å². The van der Waals surface area contributed by atoms with Gasteiger partial charge in [0.1, 0.15) is 17.1 Å². The van der Waals surface area contributed by atoms with Crippen molar-refractivity contribution in [2.45, 2.75) is 0 Å². The van der Waals surface area contributed by atoms with Crippen molar-refractivity contribution >= 4 is 28.9 Å². The maximum Gasteiger partial charge on any atom is 0.339 e. The summed E-state index contributed by atoms with van der Waals surface area (Å²) in [6.45, 7) is 0. The molecule has 0 aliphatic carbocycles. The van der Waals surface area contributed by atoms with Crippen molar-refractivity contribution in [1.29, 1.82) is 0 Å². The van der Waals surface area contributed by atoms with Gasteiger partial charge in [0.2, 0.25) is 0 Å². The second-order valence-corrected chi connectivity index (χ2v) is 5.80. The van der Waals surface area contributed by atoms with Gasteiger partial charge in [-0.2, -0.15) is 5.10 Å². The summed E-state index contributed by atoms with van der Waals surface area (Å²) in [7, 11) is 0. The number of hydrogen-bond acceptors (Lipinski definition) is 3. The van der Waals surface area contributed by atoms with Gasteiger partial charge in [-0.1, -0.05) is 11.6 Å². The Bertz CT molecular complexity index is 811. The number of hydrogen-bond donors (Lipinski definition) is 1. The minimum absolute atomic E-state index is 0.0637. The minimum Gasteiger partial charge on any atom is -0.478 e. The summed E-state index contributed by atoms with van der Waals surface area (Å²) >= 11 is 7.18. The molecule has 0 atom stereocenters. The number of aromatic carboxylic acids is 1. The summed E-state index contributed by atoms with van der Waals surface area (Å²) in [4.78, 5) is 11.4. The zero-order valence-corrected chi connectivity index (χ0v) is 12.0. The Morgan fingerprint density at radius 2 is 2.05 bits per heavy atom. The number of aromatic nitrogens is 2. The summed E-state index contributed by atoms with van der Waals surface area (Å²) in [6, 6.07) is 7.30. The van der Waals surface area contributed by atoms with E-state index in [2.05, 4.69) is 5.10 Å². The van der Waals surface area contributed by atoms with E-state index in [0.29, 0.717) is 21.3 Å². The lowest BCUT2D eigenvalue weighted by molar-refractivity contribution is 0.0697. The molecule has 1 N–H and O–H groups in total. The first-order chi connectivity index (χ1) is 10.0. The molecule has 0 saturated heterocycles. The van der Waals surface area contributed by atoms with Gasteiger partial charge in [-0.25, -0.2) is 13.9 Å². The fourth-order valence-electron chi connectivity index (χ4n) is 1.90. The number of halogens is 2. The normalized spacial score (nSPS) is 10.8. The van der Waals surface area contributed by atoms with Crippen LogP contribution in [0.25, 0.3) is 16.9 Å². The summed E-state index contributed by atoms with van der Waals surface area (Å²) in [5.74, 6) is -1.45. The predicted octanol–water partition coefficient (Wildman–Crippen LogP) is 4.09. The molecule has 1 aromatic carbocycles. The Labute approximate surface area is 128 Å². The lowest BCUT2D eigenvalue weighted by Crippen LogP contribution is -1.96. The summed E-state index contributed by atoms with van der Waals surface area (Å²) in [5.41, 5.74) is 1.61. The van der Waals surface area contributed by atoms with E-state index in [9.17, 15) is 14.3 Å². The van der Waals surface area contributed by atoms with E-state index < -0.39 is 5.97 Å². The highest BCUT2D eigenvalue weighted by molar-refractivity contribution is 7.14. The van der Waals surface area contributed by atoms with Crippen molar-refractivity contribution in [1.82, 2.24) is 9.78 Å². The van der Waals surface area contributed by atoms with Crippen molar-refractivity contribution in [2.24, 2.45) is 0 Å². The van der Waals surface area contributed by atoms with E-state index in [0.717, 1.165) is 0 Å². The Morgan fingerprint density at radius 1 is 1.33 bits per heavy atom. The quantitative estimate of drug-likeness (QED) is 0.790. The molecule has 21 heavy (non-hydrogen) atoms. The number of carboxylic acid groups (broad SMARTS) is 1. The Hall–Kier alpha value is -2.18. The molecular weight excluding hydrogens is 315 g/mol. The van der Waals surface area contributed by atoms with Crippen LogP contribution in [0.1, 0.15) is 10.4 Å². The van der Waals surface area contributed by atoms with Crippen LogP contribution in [0.5, 0.6) is 0 Å². The molecule has 3 rings (SSSR count). The van der Waals surface area contributed by atoms with Crippen LogP contribution in [0.4, 0.5) is 4.39 Å². The molecule has 3 aromatic rings. The number of nitrogens with zero attached hydrogens (tertiary/aromatic N) is 2. The maximum absolute atomic E-state index is 12.9. The molecule has 4 nitrogen and oxygen atoms in total. The molecule has 2 aromatic heterocycles. The smallest absolute Gasteiger partial charge is 0.339 e. The Morgan fingerprint density at radius 3 is 2.62 bits per heavy atom. The van der Waals surface area contributed by atoms with Crippen molar-refractivity contribution in [3.05, 3.63) is 57.6 Å². The Balaban J connectivity index is 2.12. The second kappa shape index (κ2) is 5.31. The molecule has 2 heterocycles. The first-order valence-corrected chi connectivity index (χ1v) is 7.13.